The molecule has 7 heteroatoms. The molecule has 0 aliphatic heterocycles. The first kappa shape index (κ1) is 13.9. The first-order valence-electron chi connectivity index (χ1n) is 4.00. The van der Waals surface area contributed by atoms with Gasteiger partial charge in [0.05, 0.1) is 10.0 Å². The second-order valence-electron chi connectivity index (χ2n) is 2.58. The fraction of sp³-hybridized carbons (Fsp3) is 0.111. The molecule has 84 valence electrons. The summed E-state index contributed by atoms with van der Waals surface area (Å²) in [5, 5.41) is 12.3. The Kier molecular flexibility index (Phi) is 5.69. The van der Waals surface area contributed by atoms with Crippen LogP contribution in [0, 0.1) is 15.0 Å². The van der Waals surface area contributed by atoms with Crippen molar-refractivity contribution in [2.24, 2.45) is 4.99 Å². The molecule has 0 saturated carbocycles. The first-order chi connectivity index (χ1) is 7.58. The van der Waals surface area contributed by atoms with Crippen LogP contribution in [0.2, 0.25) is 10.0 Å². The summed E-state index contributed by atoms with van der Waals surface area (Å²) in [6, 6.07) is 3.52. The Bertz CT molecular complexity index is 447. The Balaban J connectivity index is 3.19. The number of nitrogens with zero attached hydrogens (tertiary/aromatic N) is 2. The summed E-state index contributed by atoms with van der Waals surface area (Å²) < 4.78 is 0.936. The maximum absolute atomic E-state index is 8.51. The van der Waals surface area contributed by atoms with Gasteiger partial charge in [0.25, 0.3) is 0 Å². The van der Waals surface area contributed by atoms with Crippen molar-refractivity contribution in [2.75, 3.05) is 6.26 Å². The predicted molar refractivity (Wildman–Crippen MR) is 78.5 cm³/mol. The number of nitriles is 1. The van der Waals surface area contributed by atoms with Crippen LogP contribution in [0.3, 0.4) is 0 Å². The fourth-order valence-electron chi connectivity index (χ4n) is 0.915. The molecule has 0 aliphatic rings. The van der Waals surface area contributed by atoms with Gasteiger partial charge in [0.15, 0.2) is 11.4 Å². The lowest BCUT2D eigenvalue weighted by molar-refractivity contribution is 1.28. The Morgan fingerprint density at radius 1 is 1.50 bits per heavy atom. The highest BCUT2D eigenvalue weighted by molar-refractivity contribution is 14.1. The standard InChI is InChI=1S/C9H6Cl2IN3S/c1-16-9(14-4-13)15-8-6(10)2-5(12)3-7(8)11/h2-3H,1H3,(H,14,15). The minimum atomic E-state index is 0.451. The SMILES string of the molecule is CSC(=Nc1c(Cl)cc(I)cc1Cl)NC#N. The van der Waals surface area contributed by atoms with Gasteiger partial charge >= 0.3 is 0 Å². The van der Waals surface area contributed by atoms with E-state index in [2.05, 4.69) is 32.9 Å². The van der Waals surface area contributed by atoms with E-state index in [1.807, 2.05) is 0 Å². The maximum Gasteiger partial charge on any atom is 0.183 e. The van der Waals surface area contributed by atoms with E-state index >= 15 is 0 Å². The molecule has 0 amide bonds. The molecule has 16 heavy (non-hydrogen) atoms. The second-order valence-corrected chi connectivity index (χ2v) is 5.43. The quantitative estimate of drug-likeness (QED) is 0.261. The highest BCUT2D eigenvalue weighted by atomic mass is 127. The number of aliphatic imine (C=N–C) groups is 1. The van der Waals surface area contributed by atoms with Gasteiger partial charge in [0.1, 0.15) is 5.69 Å². The number of nitrogens with one attached hydrogen (secondary N) is 1. The molecule has 0 unspecified atom stereocenters. The number of rotatable bonds is 1. The Labute approximate surface area is 121 Å². The third-order valence-corrected chi connectivity index (χ3v) is 3.33. The number of hydrogen-bond acceptors (Lipinski definition) is 3. The Morgan fingerprint density at radius 3 is 2.50 bits per heavy atom. The lowest BCUT2D eigenvalue weighted by Crippen LogP contribution is -2.12. The summed E-state index contributed by atoms with van der Waals surface area (Å²) >= 11 is 15.5. The van der Waals surface area contributed by atoms with Crippen LogP contribution in [0.15, 0.2) is 17.1 Å². The minimum absolute atomic E-state index is 0.451. The van der Waals surface area contributed by atoms with Crippen molar-refractivity contribution in [3.05, 3.63) is 25.7 Å². The zero-order chi connectivity index (χ0) is 12.1. The van der Waals surface area contributed by atoms with Crippen molar-refractivity contribution in [1.29, 1.82) is 5.26 Å². The molecule has 3 nitrogen and oxygen atoms in total. The molecule has 1 aromatic rings. The second kappa shape index (κ2) is 6.55. The predicted octanol–water partition coefficient (Wildman–Crippen LogP) is 4.02. The Hall–Kier alpha value is -0.160. The van der Waals surface area contributed by atoms with Gasteiger partial charge in [-0.1, -0.05) is 35.0 Å². The number of benzene rings is 1. The maximum atomic E-state index is 8.51. The van der Waals surface area contributed by atoms with Gasteiger partial charge in [-0.3, -0.25) is 5.32 Å². The van der Waals surface area contributed by atoms with Crippen LogP contribution in [0.1, 0.15) is 0 Å². The highest BCUT2D eigenvalue weighted by Gasteiger charge is 2.08. The first-order valence-corrected chi connectivity index (χ1v) is 7.06. The lowest BCUT2D eigenvalue weighted by Gasteiger charge is -2.04. The molecule has 0 saturated heterocycles. The fourth-order valence-corrected chi connectivity index (χ4v) is 2.81. The third kappa shape index (κ3) is 3.70. The van der Waals surface area contributed by atoms with Crippen LogP contribution in [-0.2, 0) is 0 Å². The summed E-state index contributed by atoms with van der Waals surface area (Å²) in [6.45, 7) is 0. The molecule has 0 aromatic heterocycles. The molecule has 0 spiro atoms. The van der Waals surface area contributed by atoms with Gasteiger partial charge in [0, 0.05) is 3.57 Å². The number of thioether (sulfide) groups is 1. The van der Waals surface area contributed by atoms with Crippen molar-refractivity contribution in [1.82, 2.24) is 5.32 Å². The molecule has 0 heterocycles. The van der Waals surface area contributed by atoms with Crippen LogP contribution in [-0.4, -0.2) is 11.4 Å². The number of amidine groups is 1. The van der Waals surface area contributed by atoms with E-state index < -0.39 is 0 Å². The smallest absolute Gasteiger partial charge is 0.183 e. The average Bonchev–Trinajstić information content (AvgIpc) is 2.21. The Morgan fingerprint density at radius 2 is 2.06 bits per heavy atom. The van der Waals surface area contributed by atoms with Crippen molar-refractivity contribution in [3.8, 4) is 6.19 Å². The molecule has 1 rings (SSSR count). The lowest BCUT2D eigenvalue weighted by atomic mass is 10.3. The topological polar surface area (TPSA) is 48.2 Å². The molecular weight excluding hydrogens is 380 g/mol. The van der Waals surface area contributed by atoms with Crippen LogP contribution in [0.5, 0.6) is 0 Å². The summed E-state index contributed by atoms with van der Waals surface area (Å²) in [5.41, 5.74) is 0.468. The molecule has 0 fully saturated rings. The van der Waals surface area contributed by atoms with Gasteiger partial charge in [-0.15, -0.1) is 0 Å². The zero-order valence-electron chi connectivity index (χ0n) is 8.09. The summed E-state index contributed by atoms with van der Waals surface area (Å²) in [6.07, 6.45) is 3.60. The normalized spacial score (nSPS) is 11.1. The largest absolute Gasteiger partial charge is 0.271 e. The third-order valence-electron chi connectivity index (χ3n) is 1.55. The van der Waals surface area contributed by atoms with Crippen LogP contribution >= 0.6 is 57.6 Å². The molecule has 0 aliphatic carbocycles. The zero-order valence-corrected chi connectivity index (χ0v) is 12.6. The molecule has 0 bridgehead atoms. The van der Waals surface area contributed by atoms with E-state index in [4.69, 9.17) is 28.5 Å². The molecular formula is C9H6Cl2IN3S. The average molecular weight is 386 g/mol. The summed E-state index contributed by atoms with van der Waals surface area (Å²) in [4.78, 5) is 4.19. The van der Waals surface area contributed by atoms with Crippen molar-refractivity contribution < 1.29 is 0 Å². The van der Waals surface area contributed by atoms with Crippen LogP contribution in [0.25, 0.3) is 0 Å². The van der Waals surface area contributed by atoms with E-state index in [-0.39, 0.29) is 0 Å². The summed E-state index contributed by atoms with van der Waals surface area (Å²) in [7, 11) is 0. The van der Waals surface area contributed by atoms with Gasteiger partial charge in [-0.2, -0.15) is 5.26 Å². The number of halogens is 3. The van der Waals surface area contributed by atoms with E-state index in [1.54, 1.807) is 24.6 Å². The molecule has 1 N–H and O–H groups in total. The highest BCUT2D eigenvalue weighted by Crippen LogP contribution is 2.35. The van der Waals surface area contributed by atoms with Crippen molar-refractivity contribution in [3.63, 3.8) is 0 Å². The van der Waals surface area contributed by atoms with Crippen LogP contribution < -0.4 is 5.32 Å². The van der Waals surface area contributed by atoms with E-state index in [9.17, 15) is 0 Å². The molecule has 0 atom stereocenters. The molecule has 0 radical (unpaired) electrons. The van der Waals surface area contributed by atoms with E-state index in [0.717, 1.165) is 3.57 Å². The molecule has 1 aromatic carbocycles. The van der Waals surface area contributed by atoms with Crippen LogP contribution in [0.4, 0.5) is 5.69 Å². The van der Waals surface area contributed by atoms with E-state index in [1.165, 1.54) is 11.8 Å². The van der Waals surface area contributed by atoms with Crippen molar-refractivity contribution in [2.45, 2.75) is 0 Å². The van der Waals surface area contributed by atoms with Gasteiger partial charge in [-0.25, -0.2) is 4.99 Å². The number of hydrogen-bond donors (Lipinski definition) is 1. The monoisotopic (exact) mass is 385 g/mol. The van der Waals surface area contributed by atoms with E-state index in [0.29, 0.717) is 20.9 Å². The minimum Gasteiger partial charge on any atom is -0.271 e. The van der Waals surface area contributed by atoms with Gasteiger partial charge in [0.2, 0.25) is 0 Å². The van der Waals surface area contributed by atoms with Gasteiger partial charge < -0.3 is 0 Å². The van der Waals surface area contributed by atoms with Gasteiger partial charge in [-0.05, 0) is 41.0 Å². The van der Waals surface area contributed by atoms with Crippen molar-refractivity contribution >= 4 is 68.4 Å². The summed E-state index contributed by atoms with van der Waals surface area (Å²) in [5.74, 6) is 0.